The zero-order chi connectivity index (χ0) is 66.6. The van der Waals surface area contributed by atoms with E-state index in [1.54, 1.807) is 0 Å². The number of furan rings is 2. The van der Waals surface area contributed by atoms with E-state index in [0.717, 1.165) is 71.7 Å². The summed E-state index contributed by atoms with van der Waals surface area (Å²) in [7, 11) is 0. The lowest BCUT2D eigenvalue weighted by atomic mass is 9.85. The minimum atomic E-state index is 0.852. The molecule has 472 valence electrons. The molecule has 5 nitrogen and oxygen atoms in total. The van der Waals surface area contributed by atoms with Crippen molar-refractivity contribution in [3.63, 3.8) is 0 Å². The van der Waals surface area contributed by atoms with Gasteiger partial charge in [-0.25, -0.2) is 0 Å². The standard InChI is InChI=1S/C98H53N3O2/c1-2-17-54(18-3-1)93-69-23-4-6-25-71(69)94(72-26-7-5-24-70(72)93)62-51-81-67-22-11-15-32-87(67)101-89-40-35-56(44-75(89)83(52-62)97(81)101)55-34-39-88-74(43-55)82-50-61(49-80-66-21-10-14-31-86(66)100(88)96(80)82)63-27-16-28-73-68-38-33-59(53-92(68)103-98(63)73)57-36-41-90-76(45-57)77-46-58(37-42-91(77)102-90)60-47-78-64-19-8-12-29-84(64)99-85-30-13-9-20-65(85)79(48-60)95(78)99/h1-53H. The molecule has 8 heterocycles. The lowest BCUT2D eigenvalue weighted by Crippen LogP contribution is -1.90. The van der Waals surface area contributed by atoms with E-state index < -0.39 is 0 Å². The lowest BCUT2D eigenvalue weighted by molar-refractivity contribution is 0.669. The average molecular weight is 1300 g/mol. The zero-order valence-corrected chi connectivity index (χ0v) is 55.3. The molecular formula is C98H53N3O2. The van der Waals surface area contributed by atoms with Crippen molar-refractivity contribution >= 4 is 180 Å². The zero-order valence-electron chi connectivity index (χ0n) is 55.3. The predicted molar refractivity (Wildman–Crippen MR) is 433 cm³/mol. The smallest absolute Gasteiger partial charge is 0.143 e. The molecule has 0 spiro atoms. The number of para-hydroxylation sites is 5. The van der Waals surface area contributed by atoms with Crippen LogP contribution in [0.25, 0.3) is 246 Å². The van der Waals surface area contributed by atoms with Crippen LogP contribution in [0, 0.1) is 0 Å². The molecule has 0 aliphatic rings. The number of aromatic nitrogens is 3. The van der Waals surface area contributed by atoms with E-state index in [1.165, 1.54) is 175 Å². The highest BCUT2D eigenvalue weighted by atomic mass is 16.3. The Balaban J connectivity index is 0.621. The summed E-state index contributed by atoms with van der Waals surface area (Å²) in [6.45, 7) is 0. The van der Waals surface area contributed by atoms with Crippen molar-refractivity contribution in [1.82, 2.24) is 13.2 Å². The monoisotopic (exact) mass is 1300 g/mol. The van der Waals surface area contributed by atoms with Gasteiger partial charge in [0, 0.05) is 91.7 Å². The van der Waals surface area contributed by atoms with E-state index in [9.17, 15) is 0 Å². The first-order valence-electron chi connectivity index (χ1n) is 35.6. The first kappa shape index (κ1) is 54.2. The second-order valence-electron chi connectivity index (χ2n) is 28.5. The fraction of sp³-hybridized carbons (Fsp3) is 0. The largest absolute Gasteiger partial charge is 0.456 e. The normalized spacial score (nSPS) is 12.7. The Bertz CT molecular complexity index is 7910. The van der Waals surface area contributed by atoms with Gasteiger partial charge in [0.05, 0.1) is 49.7 Å². The second kappa shape index (κ2) is 19.6. The van der Waals surface area contributed by atoms with Gasteiger partial charge >= 0.3 is 0 Å². The Morgan fingerprint density at radius 1 is 0.165 bits per heavy atom. The van der Waals surface area contributed by atoms with Crippen LogP contribution in [0.4, 0.5) is 0 Å². The second-order valence-corrected chi connectivity index (χ2v) is 28.5. The van der Waals surface area contributed by atoms with E-state index >= 15 is 0 Å². The van der Waals surface area contributed by atoms with E-state index in [2.05, 4.69) is 335 Å². The van der Waals surface area contributed by atoms with Crippen molar-refractivity contribution in [3.8, 4) is 66.8 Å². The summed E-state index contributed by atoms with van der Waals surface area (Å²) >= 11 is 0. The number of hydrogen-bond acceptors (Lipinski definition) is 2. The van der Waals surface area contributed by atoms with E-state index in [1.807, 2.05) is 0 Å². The fourth-order valence-electron chi connectivity index (χ4n) is 19.0. The van der Waals surface area contributed by atoms with Crippen LogP contribution in [0.1, 0.15) is 0 Å². The van der Waals surface area contributed by atoms with Crippen molar-refractivity contribution < 1.29 is 8.83 Å². The summed E-state index contributed by atoms with van der Waals surface area (Å²) < 4.78 is 21.2. The molecule has 0 radical (unpaired) electrons. The quantitative estimate of drug-likeness (QED) is 0.156. The summed E-state index contributed by atoms with van der Waals surface area (Å²) in [6, 6.07) is 120. The minimum absolute atomic E-state index is 0.852. The van der Waals surface area contributed by atoms with Gasteiger partial charge in [0.25, 0.3) is 0 Å². The van der Waals surface area contributed by atoms with Crippen molar-refractivity contribution in [1.29, 1.82) is 0 Å². The van der Waals surface area contributed by atoms with Gasteiger partial charge in [-0.05, 0) is 204 Å². The summed E-state index contributed by atoms with van der Waals surface area (Å²) in [5.41, 5.74) is 28.6. The van der Waals surface area contributed by atoms with Gasteiger partial charge in [0.15, 0.2) is 0 Å². The summed E-state index contributed by atoms with van der Waals surface area (Å²) in [6.07, 6.45) is 0. The number of nitrogens with zero attached hydrogens (tertiary/aromatic N) is 3. The summed E-state index contributed by atoms with van der Waals surface area (Å²) in [4.78, 5) is 0. The Hall–Kier alpha value is -13.7. The fourth-order valence-corrected chi connectivity index (χ4v) is 19.0. The Labute approximate surface area is 586 Å². The van der Waals surface area contributed by atoms with Gasteiger partial charge in [-0.15, -0.1) is 0 Å². The maximum atomic E-state index is 7.18. The van der Waals surface area contributed by atoms with Crippen LogP contribution in [-0.4, -0.2) is 13.2 Å². The van der Waals surface area contributed by atoms with Gasteiger partial charge < -0.3 is 22.0 Å². The van der Waals surface area contributed by atoms with Crippen LogP contribution in [0.5, 0.6) is 0 Å². The molecular weight excluding hydrogens is 1250 g/mol. The molecule has 0 bridgehead atoms. The molecule has 17 aromatic carbocycles. The number of fused-ring (bicyclic) bond motifs is 26. The van der Waals surface area contributed by atoms with Gasteiger partial charge in [0.1, 0.15) is 22.3 Å². The first-order valence-corrected chi connectivity index (χ1v) is 35.6. The minimum Gasteiger partial charge on any atom is -0.456 e. The molecule has 0 unspecified atom stereocenters. The number of benzene rings is 17. The number of rotatable bonds is 6. The van der Waals surface area contributed by atoms with Gasteiger partial charge in [-0.2, -0.15) is 0 Å². The highest BCUT2D eigenvalue weighted by molar-refractivity contribution is 6.30. The van der Waals surface area contributed by atoms with E-state index in [0.29, 0.717) is 0 Å². The Morgan fingerprint density at radius 2 is 0.505 bits per heavy atom. The van der Waals surface area contributed by atoms with Crippen LogP contribution in [0.3, 0.4) is 0 Å². The van der Waals surface area contributed by atoms with Gasteiger partial charge in [0.2, 0.25) is 0 Å². The molecule has 0 aliphatic carbocycles. The number of hydrogen-bond donors (Lipinski definition) is 0. The summed E-state index contributed by atoms with van der Waals surface area (Å²) in [5, 5.41) is 24.4. The molecule has 0 atom stereocenters. The third-order valence-corrected chi connectivity index (χ3v) is 23.4. The van der Waals surface area contributed by atoms with Crippen molar-refractivity contribution in [2.45, 2.75) is 0 Å². The molecule has 8 aromatic heterocycles. The molecule has 0 aliphatic heterocycles. The molecule has 0 amide bonds. The van der Waals surface area contributed by atoms with Crippen molar-refractivity contribution in [2.75, 3.05) is 0 Å². The average Bonchev–Trinajstić information content (AvgIpc) is 1.58. The van der Waals surface area contributed by atoms with Crippen LogP contribution >= 0.6 is 0 Å². The van der Waals surface area contributed by atoms with Gasteiger partial charge in [-0.1, -0.05) is 200 Å². The van der Waals surface area contributed by atoms with Crippen LogP contribution < -0.4 is 0 Å². The molecule has 0 saturated heterocycles. The topological polar surface area (TPSA) is 39.5 Å². The van der Waals surface area contributed by atoms with Crippen LogP contribution in [0.15, 0.2) is 330 Å². The van der Waals surface area contributed by atoms with Crippen LogP contribution in [-0.2, 0) is 0 Å². The first-order chi connectivity index (χ1) is 51.1. The molecule has 0 N–H and O–H groups in total. The van der Waals surface area contributed by atoms with E-state index in [4.69, 9.17) is 8.83 Å². The maximum absolute atomic E-state index is 7.18. The maximum Gasteiger partial charge on any atom is 0.143 e. The Morgan fingerprint density at radius 3 is 0.990 bits per heavy atom. The summed E-state index contributed by atoms with van der Waals surface area (Å²) in [5.74, 6) is 0. The van der Waals surface area contributed by atoms with Crippen molar-refractivity contribution in [2.24, 2.45) is 0 Å². The highest BCUT2D eigenvalue weighted by Gasteiger charge is 2.27. The molecule has 103 heavy (non-hydrogen) atoms. The van der Waals surface area contributed by atoms with Crippen LogP contribution in [0.2, 0.25) is 0 Å². The third-order valence-electron chi connectivity index (χ3n) is 23.4. The van der Waals surface area contributed by atoms with Gasteiger partial charge in [-0.3, -0.25) is 0 Å². The Kier molecular flexibility index (Phi) is 10.3. The third kappa shape index (κ3) is 7.14. The van der Waals surface area contributed by atoms with E-state index in [-0.39, 0.29) is 0 Å². The molecule has 0 fully saturated rings. The lowest BCUT2D eigenvalue weighted by Gasteiger charge is -2.18. The molecule has 25 aromatic rings. The SMILES string of the molecule is c1ccc(-c2c3ccccc3c(-c3cc4c5ccccc5n5c6ccc(-c7ccc8c(c7)c7cc(-c9cccc%10c9oc9cc(-c%11ccc%12oc%13ccc(-c%14cc%15c%16ccccc%16n%16c%17ccccc%17c(c%14)c%15%16)cc%13c%12c%11)ccc9%10)cc9c%10ccccc%10n8c97)cc6c(c3)c45)c3ccccc23)cc1. The predicted octanol–water partition coefficient (Wildman–Crippen LogP) is 27.2. The van der Waals surface area contributed by atoms with Crippen molar-refractivity contribution in [3.05, 3.63) is 322 Å². The molecule has 25 rings (SSSR count). The molecule has 0 saturated carbocycles. The highest BCUT2D eigenvalue weighted by Crippen LogP contribution is 2.51. The molecule has 5 heteroatoms.